The van der Waals surface area contributed by atoms with Crippen molar-refractivity contribution in [1.82, 2.24) is 0 Å². The molecule has 96 valence electrons. The molecule has 0 aliphatic rings. The summed E-state index contributed by atoms with van der Waals surface area (Å²) >= 11 is 0. The fourth-order valence-corrected chi connectivity index (χ4v) is 2.09. The van der Waals surface area contributed by atoms with Gasteiger partial charge in [-0.25, -0.2) is 0 Å². The van der Waals surface area contributed by atoms with Crippen LogP contribution in [0.15, 0.2) is 30.3 Å². The minimum absolute atomic E-state index is 0.422. The zero-order valence-corrected chi connectivity index (χ0v) is 11.1. The average molecular weight is 236 g/mol. The zero-order chi connectivity index (χ0) is 12.9. The number of hydrogen-bond donors (Lipinski definition) is 2. The van der Waals surface area contributed by atoms with Crippen LogP contribution in [0.1, 0.15) is 45.6 Å². The van der Waals surface area contributed by atoms with Gasteiger partial charge in [0.15, 0.2) is 0 Å². The third kappa shape index (κ3) is 3.55. The maximum atomic E-state index is 10.3. The van der Waals surface area contributed by atoms with Crippen molar-refractivity contribution >= 4 is 0 Å². The Bertz CT molecular complexity index is 319. The van der Waals surface area contributed by atoms with Crippen LogP contribution in [0.3, 0.4) is 0 Å². The van der Waals surface area contributed by atoms with Gasteiger partial charge in [-0.05, 0) is 12.0 Å². The molecule has 0 bridgehead atoms. The molecule has 0 spiro atoms. The molecule has 1 rings (SSSR count). The van der Waals surface area contributed by atoms with Crippen LogP contribution in [-0.2, 0) is 5.41 Å². The first-order chi connectivity index (χ1) is 8.00. The summed E-state index contributed by atoms with van der Waals surface area (Å²) < 4.78 is 0. The predicted octanol–water partition coefficient (Wildman–Crippen LogP) is 2.88. The summed E-state index contributed by atoms with van der Waals surface area (Å²) in [6, 6.07) is 9.87. The molecular formula is C15H24O2. The first kappa shape index (κ1) is 14.2. The van der Waals surface area contributed by atoms with Gasteiger partial charge in [0.25, 0.3) is 0 Å². The van der Waals surface area contributed by atoms with E-state index in [0.717, 1.165) is 18.4 Å². The van der Waals surface area contributed by atoms with Gasteiger partial charge in [-0.1, -0.05) is 63.9 Å². The highest BCUT2D eigenvalue weighted by Gasteiger charge is 2.34. The highest BCUT2D eigenvalue weighted by Crippen LogP contribution is 2.29. The van der Waals surface area contributed by atoms with Crippen LogP contribution in [0.25, 0.3) is 0 Å². The number of rotatable bonds is 6. The second kappa shape index (κ2) is 6.18. The Balaban J connectivity index is 2.76. The van der Waals surface area contributed by atoms with Crippen molar-refractivity contribution in [3.05, 3.63) is 35.9 Å². The summed E-state index contributed by atoms with van der Waals surface area (Å²) in [5, 5.41) is 20.3. The minimum Gasteiger partial charge on any atom is -0.390 e. The van der Waals surface area contributed by atoms with E-state index in [1.165, 1.54) is 0 Å². The van der Waals surface area contributed by atoms with Gasteiger partial charge in [-0.3, -0.25) is 0 Å². The number of hydrogen-bond acceptors (Lipinski definition) is 2. The van der Waals surface area contributed by atoms with E-state index in [2.05, 4.69) is 6.92 Å². The van der Waals surface area contributed by atoms with Crippen molar-refractivity contribution in [3.8, 4) is 0 Å². The van der Waals surface area contributed by atoms with E-state index < -0.39 is 17.6 Å². The van der Waals surface area contributed by atoms with Crippen molar-refractivity contribution in [2.75, 3.05) is 0 Å². The molecule has 0 fully saturated rings. The third-order valence-electron chi connectivity index (χ3n) is 3.48. The molecule has 0 aliphatic carbocycles. The van der Waals surface area contributed by atoms with Crippen LogP contribution in [0.2, 0.25) is 0 Å². The van der Waals surface area contributed by atoms with Gasteiger partial charge in [-0.2, -0.15) is 0 Å². The van der Waals surface area contributed by atoms with Crippen LogP contribution in [0, 0.1) is 0 Å². The molecule has 0 saturated carbocycles. The van der Waals surface area contributed by atoms with Crippen molar-refractivity contribution in [1.29, 1.82) is 0 Å². The molecule has 2 unspecified atom stereocenters. The van der Waals surface area contributed by atoms with Gasteiger partial charge in [-0.15, -0.1) is 0 Å². The summed E-state index contributed by atoms with van der Waals surface area (Å²) in [5.41, 5.74) is 0.636. The van der Waals surface area contributed by atoms with Gasteiger partial charge < -0.3 is 10.2 Å². The molecular weight excluding hydrogens is 212 g/mol. The lowest BCUT2D eigenvalue weighted by Gasteiger charge is -2.34. The molecule has 0 heterocycles. The number of unbranched alkanes of at least 4 members (excludes halogenated alkanes) is 1. The summed E-state index contributed by atoms with van der Waals surface area (Å²) in [7, 11) is 0. The van der Waals surface area contributed by atoms with E-state index in [-0.39, 0.29) is 0 Å². The molecule has 0 aromatic heterocycles. The van der Waals surface area contributed by atoms with Crippen LogP contribution in [-0.4, -0.2) is 22.4 Å². The maximum absolute atomic E-state index is 10.3. The van der Waals surface area contributed by atoms with Crippen LogP contribution in [0.4, 0.5) is 0 Å². The van der Waals surface area contributed by atoms with E-state index in [4.69, 9.17) is 0 Å². The molecule has 1 aromatic carbocycles. The lowest BCUT2D eigenvalue weighted by Crippen LogP contribution is -2.42. The summed E-state index contributed by atoms with van der Waals surface area (Å²) in [6.07, 6.45) is 1.27. The van der Waals surface area contributed by atoms with E-state index in [9.17, 15) is 10.2 Å². The largest absolute Gasteiger partial charge is 0.390 e. The Morgan fingerprint density at radius 2 is 1.71 bits per heavy atom. The van der Waals surface area contributed by atoms with Crippen LogP contribution < -0.4 is 0 Å². The topological polar surface area (TPSA) is 40.5 Å². The van der Waals surface area contributed by atoms with Crippen LogP contribution in [0.5, 0.6) is 0 Å². The van der Waals surface area contributed by atoms with E-state index in [1.54, 1.807) is 0 Å². The Labute approximate surface area is 104 Å². The van der Waals surface area contributed by atoms with Gasteiger partial charge in [0, 0.05) is 5.41 Å². The molecule has 2 N–H and O–H groups in total. The first-order valence-electron chi connectivity index (χ1n) is 6.41. The van der Waals surface area contributed by atoms with Crippen molar-refractivity contribution in [2.24, 2.45) is 0 Å². The number of aliphatic hydroxyl groups excluding tert-OH is 2. The average Bonchev–Trinajstić information content (AvgIpc) is 2.36. The molecule has 0 saturated heterocycles. The molecule has 2 atom stereocenters. The minimum atomic E-state index is -0.726. The fourth-order valence-electron chi connectivity index (χ4n) is 2.09. The molecule has 2 heteroatoms. The Hall–Kier alpha value is -0.860. The smallest absolute Gasteiger partial charge is 0.0890 e. The Morgan fingerprint density at radius 3 is 2.24 bits per heavy atom. The molecule has 17 heavy (non-hydrogen) atoms. The highest BCUT2D eigenvalue weighted by atomic mass is 16.3. The Morgan fingerprint density at radius 1 is 1.12 bits per heavy atom. The quantitative estimate of drug-likeness (QED) is 0.797. The van der Waals surface area contributed by atoms with Gasteiger partial charge in [0.2, 0.25) is 0 Å². The zero-order valence-electron chi connectivity index (χ0n) is 11.1. The maximum Gasteiger partial charge on any atom is 0.0890 e. The molecule has 0 radical (unpaired) electrons. The summed E-state index contributed by atoms with van der Waals surface area (Å²) in [4.78, 5) is 0. The molecule has 0 aliphatic heterocycles. The van der Waals surface area contributed by atoms with E-state index in [1.807, 2.05) is 44.2 Å². The Kier molecular flexibility index (Phi) is 5.16. The molecule has 1 aromatic rings. The molecule has 2 nitrogen and oxygen atoms in total. The standard InChI is InChI=1S/C15H24O2/c1-4-5-11-13(16)14(17)15(2,3)12-9-7-6-8-10-12/h6-10,13-14,16-17H,4-5,11H2,1-3H3. The monoisotopic (exact) mass is 236 g/mol. The van der Waals surface area contributed by atoms with Gasteiger partial charge >= 0.3 is 0 Å². The second-order valence-electron chi connectivity index (χ2n) is 5.24. The van der Waals surface area contributed by atoms with Crippen molar-refractivity contribution in [2.45, 2.75) is 57.7 Å². The van der Waals surface area contributed by atoms with Gasteiger partial charge in [0.1, 0.15) is 0 Å². The summed E-state index contributed by atoms with van der Waals surface area (Å²) in [6.45, 7) is 6.03. The number of aliphatic hydroxyl groups is 2. The fraction of sp³-hybridized carbons (Fsp3) is 0.600. The predicted molar refractivity (Wildman–Crippen MR) is 71.0 cm³/mol. The SMILES string of the molecule is CCCCC(O)C(O)C(C)(C)c1ccccc1. The first-order valence-corrected chi connectivity index (χ1v) is 6.41. The lowest BCUT2D eigenvalue weighted by molar-refractivity contribution is -0.0266. The lowest BCUT2D eigenvalue weighted by atomic mass is 9.76. The summed E-state index contributed by atoms with van der Waals surface area (Å²) in [5.74, 6) is 0. The van der Waals surface area contributed by atoms with E-state index in [0.29, 0.717) is 6.42 Å². The number of benzene rings is 1. The van der Waals surface area contributed by atoms with Gasteiger partial charge in [0.05, 0.1) is 12.2 Å². The molecule has 0 amide bonds. The third-order valence-corrected chi connectivity index (χ3v) is 3.48. The van der Waals surface area contributed by atoms with Crippen molar-refractivity contribution in [3.63, 3.8) is 0 Å². The highest BCUT2D eigenvalue weighted by molar-refractivity contribution is 5.25. The van der Waals surface area contributed by atoms with Crippen molar-refractivity contribution < 1.29 is 10.2 Å². The van der Waals surface area contributed by atoms with E-state index >= 15 is 0 Å². The normalized spacial score (nSPS) is 15.6. The van der Waals surface area contributed by atoms with Crippen LogP contribution >= 0.6 is 0 Å². The second-order valence-corrected chi connectivity index (χ2v) is 5.24.